The topological polar surface area (TPSA) is 228 Å². The first kappa shape index (κ1) is 67.8. The van der Waals surface area contributed by atoms with Gasteiger partial charge >= 0.3 is 0 Å². The van der Waals surface area contributed by atoms with E-state index in [-0.39, 0.29) is 18.9 Å². The fourth-order valence-electron chi connectivity index (χ4n) is 8.63. The van der Waals surface area contributed by atoms with Gasteiger partial charge in [-0.2, -0.15) is 0 Å². The van der Waals surface area contributed by atoms with Crippen molar-refractivity contribution in [2.24, 2.45) is 0 Å². The maximum Gasteiger partial charge on any atom is 0.220 e. The Hall–Kier alpha value is -3.35. The van der Waals surface area contributed by atoms with Crippen LogP contribution in [-0.2, 0) is 23.7 Å². The summed E-state index contributed by atoms with van der Waals surface area (Å²) in [4.78, 5) is 13.2. The Labute approximate surface area is 451 Å². The van der Waals surface area contributed by atoms with Crippen molar-refractivity contribution in [1.29, 1.82) is 0 Å². The van der Waals surface area contributed by atoms with E-state index in [1.807, 2.05) is 6.08 Å². The van der Waals surface area contributed by atoms with Crippen LogP contribution < -0.4 is 5.32 Å². The third-order valence-electron chi connectivity index (χ3n) is 13.2. The van der Waals surface area contributed by atoms with Crippen LogP contribution in [0.5, 0.6) is 0 Å². The van der Waals surface area contributed by atoms with E-state index in [9.17, 15) is 45.6 Å². The number of amides is 1. The van der Waals surface area contributed by atoms with E-state index in [1.165, 1.54) is 51.4 Å². The maximum absolute atomic E-state index is 13.2. The Morgan fingerprint density at radius 3 is 1.41 bits per heavy atom. The highest BCUT2D eigenvalue weighted by Gasteiger charge is 2.51. The van der Waals surface area contributed by atoms with Crippen molar-refractivity contribution in [3.05, 3.63) is 109 Å². The molecular weight excluding hydrogens is 955 g/mol. The molecule has 1 amide bonds. The molecule has 12 atom stereocenters. The fraction of sp³-hybridized carbons (Fsp3) is 0.689. The number of nitrogens with one attached hydrogen (secondary N) is 1. The highest BCUT2D eigenvalue weighted by Crippen LogP contribution is 2.30. The molecule has 428 valence electrons. The van der Waals surface area contributed by atoms with Crippen molar-refractivity contribution in [3.8, 4) is 0 Å². The Balaban J connectivity index is 1.67. The molecule has 12 unspecified atom stereocenters. The molecule has 0 aromatic heterocycles. The predicted octanol–water partition coefficient (Wildman–Crippen LogP) is 9.27. The summed E-state index contributed by atoms with van der Waals surface area (Å²) in [7, 11) is 0. The van der Waals surface area contributed by atoms with Crippen molar-refractivity contribution in [1.82, 2.24) is 5.32 Å². The number of rotatable bonds is 43. The molecule has 2 heterocycles. The van der Waals surface area contributed by atoms with Crippen LogP contribution in [0.2, 0.25) is 0 Å². The Kier molecular flexibility index (Phi) is 41.2. The number of aliphatic hydroxyl groups is 8. The van der Waals surface area contributed by atoms with Gasteiger partial charge in [-0.25, -0.2) is 0 Å². The van der Waals surface area contributed by atoms with E-state index in [0.29, 0.717) is 12.8 Å². The number of carbonyl (C=O) groups excluding carboxylic acids is 1. The minimum absolute atomic E-state index is 0.260. The molecule has 14 nitrogen and oxygen atoms in total. The Morgan fingerprint density at radius 1 is 0.480 bits per heavy atom. The van der Waals surface area contributed by atoms with Crippen LogP contribution in [0.4, 0.5) is 0 Å². The third kappa shape index (κ3) is 31.6. The summed E-state index contributed by atoms with van der Waals surface area (Å²) in [5.41, 5.74) is 0. The molecule has 2 rings (SSSR count). The van der Waals surface area contributed by atoms with Crippen LogP contribution in [0.15, 0.2) is 109 Å². The van der Waals surface area contributed by atoms with Crippen LogP contribution in [-0.4, -0.2) is 140 Å². The summed E-state index contributed by atoms with van der Waals surface area (Å²) in [5, 5.41) is 86.7. The number of hydrogen-bond donors (Lipinski definition) is 9. The molecule has 0 aromatic carbocycles. The molecular formula is C61H101NO13. The van der Waals surface area contributed by atoms with Crippen molar-refractivity contribution < 1.29 is 64.6 Å². The number of unbranched alkanes of at least 4 members (excludes halogenated alkanes) is 14. The fourth-order valence-corrected chi connectivity index (χ4v) is 8.63. The van der Waals surface area contributed by atoms with Gasteiger partial charge in [-0.3, -0.25) is 4.79 Å². The molecule has 0 aromatic rings. The highest BCUT2D eigenvalue weighted by molar-refractivity contribution is 5.76. The predicted molar refractivity (Wildman–Crippen MR) is 299 cm³/mol. The second-order valence-corrected chi connectivity index (χ2v) is 19.6. The van der Waals surface area contributed by atoms with Crippen LogP contribution >= 0.6 is 0 Å². The molecule has 2 aliphatic heterocycles. The van der Waals surface area contributed by atoms with E-state index in [0.717, 1.165) is 89.9 Å². The second-order valence-electron chi connectivity index (χ2n) is 19.6. The summed E-state index contributed by atoms with van der Waals surface area (Å²) >= 11 is 0. The van der Waals surface area contributed by atoms with Gasteiger partial charge in [0.1, 0.15) is 48.8 Å². The molecule has 75 heavy (non-hydrogen) atoms. The zero-order valence-electron chi connectivity index (χ0n) is 45.7. The normalized spacial score (nSPS) is 25.9. The van der Waals surface area contributed by atoms with Gasteiger partial charge in [-0.15, -0.1) is 0 Å². The van der Waals surface area contributed by atoms with Crippen molar-refractivity contribution >= 4 is 5.91 Å². The minimum atomic E-state index is -1.80. The van der Waals surface area contributed by atoms with Gasteiger partial charge in [0, 0.05) is 6.42 Å². The molecule has 0 spiro atoms. The molecule has 0 aliphatic carbocycles. The molecule has 9 N–H and O–H groups in total. The lowest BCUT2D eigenvalue weighted by atomic mass is 9.97. The first-order valence-electron chi connectivity index (χ1n) is 28.6. The summed E-state index contributed by atoms with van der Waals surface area (Å²) < 4.78 is 22.7. The standard InChI is InChI=1S/C61H101NO13/c1-3-5-7-9-11-13-15-16-17-18-19-20-21-22-23-24-25-26-27-28-29-30-31-32-33-34-35-37-39-41-43-45-53(66)62-49(50(65)44-42-40-38-36-14-12-10-8-6-4-2)48-72-60-58(71)56(69)59(52(47-64)74-60)75-61-57(70)55(68)54(67)51(46-63)73-61/h5-8,11,13-14,16-17,19-20,22-23,25-26,36,42,44,49-52,54-61,63-65,67-71H,3-4,9-10,12,15,18,21,24,27-35,37-41,43,45-48H2,1-2H3,(H,62,66)/b7-5-,8-6+,13-11-,17-16-,20-19-,23-22-,26-25-,36-14+,44-42+. The van der Waals surface area contributed by atoms with Crippen LogP contribution in [0.3, 0.4) is 0 Å². The average Bonchev–Trinajstić information content (AvgIpc) is 3.41. The molecule has 2 saturated heterocycles. The smallest absolute Gasteiger partial charge is 0.220 e. The zero-order chi connectivity index (χ0) is 54.6. The number of ether oxygens (including phenoxy) is 4. The second kappa shape index (κ2) is 45.6. The monoisotopic (exact) mass is 1060 g/mol. The third-order valence-corrected chi connectivity index (χ3v) is 13.2. The van der Waals surface area contributed by atoms with Crippen LogP contribution in [0.25, 0.3) is 0 Å². The number of allylic oxidation sites excluding steroid dienone is 17. The molecule has 2 aliphatic rings. The molecule has 0 saturated carbocycles. The highest BCUT2D eigenvalue weighted by atomic mass is 16.7. The van der Waals surface area contributed by atoms with Gasteiger partial charge in [0.15, 0.2) is 12.6 Å². The van der Waals surface area contributed by atoms with Crippen molar-refractivity contribution in [2.45, 2.75) is 248 Å². The SMILES string of the molecule is CC/C=C\C/C=C\C/C=C\C/C=C\C/C=C\C/C=C\CCCCCCCCCCCCCCC(=O)NC(COC1OC(CO)C(OC2OC(CO)C(O)C(O)C2O)C(O)C1O)C(O)/C=C/CC/C=C/CC/C=C/CC. The maximum atomic E-state index is 13.2. The van der Waals surface area contributed by atoms with E-state index in [4.69, 9.17) is 18.9 Å². The molecule has 14 heteroatoms. The lowest BCUT2D eigenvalue weighted by Crippen LogP contribution is -2.65. The Morgan fingerprint density at radius 2 is 0.893 bits per heavy atom. The first-order chi connectivity index (χ1) is 36.6. The summed E-state index contributed by atoms with van der Waals surface area (Å²) in [6.07, 6.45) is 47.3. The lowest BCUT2D eigenvalue weighted by Gasteiger charge is -2.46. The number of hydrogen-bond acceptors (Lipinski definition) is 13. The molecule has 0 radical (unpaired) electrons. The summed E-state index contributed by atoms with van der Waals surface area (Å²) in [5.74, 6) is -0.264. The lowest BCUT2D eigenvalue weighted by molar-refractivity contribution is -0.359. The minimum Gasteiger partial charge on any atom is -0.394 e. The van der Waals surface area contributed by atoms with E-state index in [2.05, 4.69) is 116 Å². The Bertz CT molecular complexity index is 1670. The molecule has 0 bridgehead atoms. The van der Waals surface area contributed by atoms with Crippen LogP contribution in [0, 0.1) is 0 Å². The van der Waals surface area contributed by atoms with Gasteiger partial charge < -0.3 is 65.1 Å². The van der Waals surface area contributed by atoms with Gasteiger partial charge in [0.05, 0.1) is 32.0 Å². The number of aliphatic hydroxyl groups excluding tert-OH is 8. The largest absolute Gasteiger partial charge is 0.394 e. The van der Waals surface area contributed by atoms with Gasteiger partial charge in [-0.1, -0.05) is 187 Å². The van der Waals surface area contributed by atoms with Crippen LogP contribution in [0.1, 0.15) is 174 Å². The summed E-state index contributed by atoms with van der Waals surface area (Å²) in [6.45, 7) is 2.50. The van der Waals surface area contributed by atoms with Crippen molar-refractivity contribution in [2.75, 3.05) is 19.8 Å². The summed E-state index contributed by atoms with van der Waals surface area (Å²) in [6, 6.07) is -0.944. The van der Waals surface area contributed by atoms with Gasteiger partial charge in [0.2, 0.25) is 5.91 Å². The van der Waals surface area contributed by atoms with Crippen molar-refractivity contribution in [3.63, 3.8) is 0 Å². The van der Waals surface area contributed by atoms with Gasteiger partial charge in [-0.05, 0) is 89.9 Å². The van der Waals surface area contributed by atoms with E-state index < -0.39 is 86.8 Å². The zero-order valence-corrected chi connectivity index (χ0v) is 45.7. The first-order valence-corrected chi connectivity index (χ1v) is 28.6. The van der Waals surface area contributed by atoms with Gasteiger partial charge in [0.25, 0.3) is 0 Å². The molecule has 2 fully saturated rings. The van der Waals surface area contributed by atoms with E-state index in [1.54, 1.807) is 6.08 Å². The average molecular weight is 1060 g/mol. The number of carbonyl (C=O) groups is 1. The quantitative estimate of drug-likeness (QED) is 0.0205. The van der Waals surface area contributed by atoms with E-state index >= 15 is 0 Å².